The van der Waals surface area contributed by atoms with Gasteiger partial charge in [0.05, 0.1) is 0 Å². The normalized spacial score (nSPS) is 10.1. The zero-order chi connectivity index (χ0) is 16.8. The third-order valence-corrected chi connectivity index (χ3v) is 3.52. The summed E-state index contributed by atoms with van der Waals surface area (Å²) in [4.78, 5) is 0. The van der Waals surface area contributed by atoms with Crippen LogP contribution in [0, 0.1) is 0 Å². The topological polar surface area (TPSA) is 42.5 Å². The fourth-order valence-electron chi connectivity index (χ4n) is 2.30. The van der Waals surface area contributed by atoms with Crippen LogP contribution in [0.5, 0.6) is 23.0 Å². The van der Waals surface area contributed by atoms with E-state index in [0.717, 1.165) is 34.4 Å². The first-order valence-corrected chi connectivity index (χ1v) is 7.78. The molecule has 0 saturated carbocycles. The summed E-state index contributed by atoms with van der Waals surface area (Å²) in [6, 6.07) is 23.2. The van der Waals surface area contributed by atoms with Crippen LogP contribution in [-0.4, -0.2) is 14.1 Å². The second kappa shape index (κ2) is 7.42. The highest BCUT2D eigenvalue weighted by molar-refractivity contribution is 5.50. The van der Waals surface area contributed by atoms with Gasteiger partial charge < -0.3 is 20.1 Å². The van der Waals surface area contributed by atoms with Crippen LogP contribution in [0.1, 0.15) is 0 Å². The number of hydrogen-bond acceptors (Lipinski definition) is 4. The molecule has 0 unspecified atom stereocenters. The van der Waals surface area contributed by atoms with Gasteiger partial charge in [0.15, 0.2) is 0 Å². The summed E-state index contributed by atoms with van der Waals surface area (Å²) in [5.41, 5.74) is 2.01. The molecule has 122 valence electrons. The predicted octanol–water partition coefficient (Wildman–Crippen LogP) is 5.35. The van der Waals surface area contributed by atoms with E-state index < -0.39 is 0 Å². The Kier molecular flexibility index (Phi) is 4.87. The maximum absolute atomic E-state index is 5.91. The summed E-state index contributed by atoms with van der Waals surface area (Å²) >= 11 is 0. The SMILES string of the molecule is CNc1cccc(Oc2cccc(Oc3cccc(NC)c3)c2)c1. The Bertz CT molecular complexity index is 753. The summed E-state index contributed by atoms with van der Waals surface area (Å²) in [5.74, 6) is 3.00. The minimum absolute atomic E-state index is 0.727. The molecule has 0 radical (unpaired) electrons. The van der Waals surface area contributed by atoms with Crippen molar-refractivity contribution in [1.82, 2.24) is 0 Å². The highest BCUT2D eigenvalue weighted by Gasteiger charge is 2.03. The van der Waals surface area contributed by atoms with Crippen LogP contribution in [0.15, 0.2) is 72.8 Å². The van der Waals surface area contributed by atoms with Crippen LogP contribution >= 0.6 is 0 Å². The van der Waals surface area contributed by atoms with Crippen LogP contribution in [0.2, 0.25) is 0 Å². The van der Waals surface area contributed by atoms with E-state index in [-0.39, 0.29) is 0 Å². The summed E-state index contributed by atoms with van der Waals surface area (Å²) in [7, 11) is 3.76. The Labute approximate surface area is 142 Å². The lowest BCUT2D eigenvalue weighted by molar-refractivity contribution is 0.460. The minimum atomic E-state index is 0.727. The molecule has 0 bridgehead atoms. The van der Waals surface area contributed by atoms with E-state index in [2.05, 4.69) is 10.6 Å². The molecule has 4 nitrogen and oxygen atoms in total. The fourth-order valence-corrected chi connectivity index (χ4v) is 2.30. The van der Waals surface area contributed by atoms with Crippen LogP contribution in [-0.2, 0) is 0 Å². The summed E-state index contributed by atoms with van der Waals surface area (Å²) < 4.78 is 11.8. The van der Waals surface area contributed by atoms with E-state index in [1.807, 2.05) is 86.9 Å². The first kappa shape index (κ1) is 15.7. The lowest BCUT2D eigenvalue weighted by Crippen LogP contribution is -1.91. The van der Waals surface area contributed by atoms with E-state index in [0.29, 0.717) is 0 Å². The lowest BCUT2D eigenvalue weighted by Gasteiger charge is -2.10. The highest BCUT2D eigenvalue weighted by atomic mass is 16.5. The Hall–Kier alpha value is -3.14. The second-order valence-electron chi connectivity index (χ2n) is 5.23. The smallest absolute Gasteiger partial charge is 0.131 e. The zero-order valence-electron chi connectivity index (χ0n) is 13.7. The molecule has 0 saturated heterocycles. The van der Waals surface area contributed by atoms with Crippen molar-refractivity contribution in [3.63, 3.8) is 0 Å². The van der Waals surface area contributed by atoms with Crippen molar-refractivity contribution < 1.29 is 9.47 Å². The van der Waals surface area contributed by atoms with Gasteiger partial charge in [-0.15, -0.1) is 0 Å². The molecule has 4 heteroatoms. The van der Waals surface area contributed by atoms with Crippen molar-refractivity contribution >= 4 is 11.4 Å². The van der Waals surface area contributed by atoms with Crippen molar-refractivity contribution in [1.29, 1.82) is 0 Å². The minimum Gasteiger partial charge on any atom is -0.457 e. The molecule has 24 heavy (non-hydrogen) atoms. The molecule has 0 aliphatic rings. The molecule has 3 aromatic carbocycles. The molecule has 0 atom stereocenters. The molecular weight excluding hydrogens is 300 g/mol. The number of rotatable bonds is 6. The Balaban J connectivity index is 1.76. The number of hydrogen-bond donors (Lipinski definition) is 2. The molecule has 0 spiro atoms. The molecule has 2 N–H and O–H groups in total. The van der Waals surface area contributed by atoms with Crippen molar-refractivity contribution in [3.8, 4) is 23.0 Å². The fraction of sp³-hybridized carbons (Fsp3) is 0.100. The van der Waals surface area contributed by atoms with Crippen LogP contribution < -0.4 is 20.1 Å². The number of benzene rings is 3. The van der Waals surface area contributed by atoms with E-state index in [1.165, 1.54) is 0 Å². The molecule has 3 aromatic rings. The van der Waals surface area contributed by atoms with Gasteiger partial charge >= 0.3 is 0 Å². The first-order valence-electron chi connectivity index (χ1n) is 7.78. The Morgan fingerprint density at radius 1 is 0.542 bits per heavy atom. The molecule has 0 amide bonds. The quantitative estimate of drug-likeness (QED) is 0.642. The summed E-state index contributed by atoms with van der Waals surface area (Å²) in [6.07, 6.45) is 0. The van der Waals surface area contributed by atoms with Gasteiger partial charge in [0.1, 0.15) is 23.0 Å². The zero-order valence-corrected chi connectivity index (χ0v) is 13.7. The molecule has 0 aliphatic heterocycles. The van der Waals surface area contributed by atoms with Gasteiger partial charge in [-0.05, 0) is 36.4 Å². The largest absolute Gasteiger partial charge is 0.457 e. The van der Waals surface area contributed by atoms with Crippen molar-refractivity contribution in [2.45, 2.75) is 0 Å². The standard InChI is InChI=1S/C20H20N2O2/c1-21-15-6-3-8-17(12-15)23-19-10-5-11-20(14-19)24-18-9-4-7-16(13-18)22-2/h3-14,21-22H,1-2H3. The molecule has 3 rings (SSSR count). The van der Waals surface area contributed by atoms with E-state index >= 15 is 0 Å². The van der Waals surface area contributed by atoms with E-state index in [4.69, 9.17) is 9.47 Å². The average molecular weight is 320 g/mol. The first-order chi connectivity index (χ1) is 11.8. The lowest BCUT2D eigenvalue weighted by atomic mass is 10.3. The number of ether oxygens (including phenoxy) is 2. The van der Waals surface area contributed by atoms with Gasteiger partial charge in [0, 0.05) is 43.7 Å². The van der Waals surface area contributed by atoms with Gasteiger partial charge in [-0.1, -0.05) is 18.2 Å². The van der Waals surface area contributed by atoms with E-state index in [9.17, 15) is 0 Å². The third kappa shape index (κ3) is 3.98. The van der Waals surface area contributed by atoms with Gasteiger partial charge in [-0.25, -0.2) is 0 Å². The Morgan fingerprint density at radius 3 is 1.33 bits per heavy atom. The number of anilines is 2. The summed E-state index contributed by atoms with van der Waals surface area (Å²) in [6.45, 7) is 0. The molecule has 0 heterocycles. The van der Waals surface area contributed by atoms with Crippen molar-refractivity contribution in [3.05, 3.63) is 72.8 Å². The number of nitrogens with one attached hydrogen (secondary N) is 2. The van der Waals surface area contributed by atoms with Crippen molar-refractivity contribution in [2.24, 2.45) is 0 Å². The Morgan fingerprint density at radius 2 is 0.917 bits per heavy atom. The van der Waals surface area contributed by atoms with Gasteiger partial charge in [-0.3, -0.25) is 0 Å². The molecular formula is C20H20N2O2. The van der Waals surface area contributed by atoms with E-state index in [1.54, 1.807) is 0 Å². The molecule has 0 aromatic heterocycles. The van der Waals surface area contributed by atoms with Crippen LogP contribution in [0.25, 0.3) is 0 Å². The predicted molar refractivity (Wildman–Crippen MR) is 98.6 cm³/mol. The van der Waals surface area contributed by atoms with Crippen LogP contribution in [0.4, 0.5) is 11.4 Å². The van der Waals surface area contributed by atoms with Gasteiger partial charge in [0.2, 0.25) is 0 Å². The maximum atomic E-state index is 5.91. The van der Waals surface area contributed by atoms with Gasteiger partial charge in [0.25, 0.3) is 0 Å². The molecule has 0 fully saturated rings. The third-order valence-electron chi connectivity index (χ3n) is 3.52. The maximum Gasteiger partial charge on any atom is 0.131 e. The van der Waals surface area contributed by atoms with Gasteiger partial charge in [-0.2, -0.15) is 0 Å². The molecule has 0 aliphatic carbocycles. The van der Waals surface area contributed by atoms with Crippen LogP contribution in [0.3, 0.4) is 0 Å². The van der Waals surface area contributed by atoms with Crippen molar-refractivity contribution in [2.75, 3.05) is 24.7 Å². The highest BCUT2D eigenvalue weighted by Crippen LogP contribution is 2.30. The summed E-state index contributed by atoms with van der Waals surface area (Å²) in [5, 5.41) is 6.19. The average Bonchev–Trinajstić information content (AvgIpc) is 2.62. The monoisotopic (exact) mass is 320 g/mol. The second-order valence-corrected chi connectivity index (χ2v) is 5.23.